The summed E-state index contributed by atoms with van der Waals surface area (Å²) < 4.78 is 15.8. The molecular formula is C17H18O4. The van der Waals surface area contributed by atoms with Crippen LogP contribution in [0.25, 0.3) is 0 Å². The van der Waals surface area contributed by atoms with Crippen molar-refractivity contribution < 1.29 is 19.0 Å². The summed E-state index contributed by atoms with van der Waals surface area (Å²) in [6, 6.07) is 14.3. The Kier molecular flexibility index (Phi) is 5.21. The lowest BCUT2D eigenvalue weighted by Gasteiger charge is -2.09. The summed E-state index contributed by atoms with van der Waals surface area (Å²) in [6.07, 6.45) is 0. The molecule has 4 nitrogen and oxygen atoms in total. The Hall–Kier alpha value is -2.49. The fraction of sp³-hybridized carbons (Fsp3) is 0.235. The molecule has 0 atom stereocenters. The monoisotopic (exact) mass is 286 g/mol. The fourth-order valence-corrected chi connectivity index (χ4v) is 1.90. The van der Waals surface area contributed by atoms with Crippen LogP contribution in [0.1, 0.15) is 22.8 Å². The first kappa shape index (κ1) is 14.9. The van der Waals surface area contributed by atoms with Crippen molar-refractivity contribution in [2.75, 3.05) is 13.7 Å². The number of para-hydroxylation sites is 1. The highest BCUT2D eigenvalue weighted by Crippen LogP contribution is 2.19. The lowest BCUT2D eigenvalue weighted by atomic mass is 10.2. The van der Waals surface area contributed by atoms with Crippen LogP contribution in [0.3, 0.4) is 0 Å². The van der Waals surface area contributed by atoms with E-state index in [-0.39, 0.29) is 12.6 Å². The number of esters is 1. The van der Waals surface area contributed by atoms with Crippen molar-refractivity contribution in [1.82, 2.24) is 0 Å². The third-order valence-electron chi connectivity index (χ3n) is 2.95. The van der Waals surface area contributed by atoms with Gasteiger partial charge in [0.15, 0.2) is 0 Å². The van der Waals surface area contributed by atoms with Gasteiger partial charge in [-0.15, -0.1) is 0 Å². The summed E-state index contributed by atoms with van der Waals surface area (Å²) in [5, 5.41) is 0. The van der Waals surface area contributed by atoms with E-state index in [4.69, 9.17) is 14.2 Å². The van der Waals surface area contributed by atoms with Crippen LogP contribution in [-0.2, 0) is 11.3 Å². The second-order valence-electron chi connectivity index (χ2n) is 4.35. The van der Waals surface area contributed by atoms with Gasteiger partial charge in [0, 0.05) is 5.56 Å². The predicted octanol–water partition coefficient (Wildman–Crippen LogP) is 3.45. The molecule has 0 aromatic heterocycles. The van der Waals surface area contributed by atoms with Gasteiger partial charge in [0.05, 0.1) is 19.3 Å². The van der Waals surface area contributed by atoms with Gasteiger partial charge in [0.2, 0.25) is 0 Å². The first-order valence-electron chi connectivity index (χ1n) is 6.76. The Labute approximate surface area is 124 Å². The Balaban J connectivity index is 1.98. The average Bonchev–Trinajstić information content (AvgIpc) is 2.54. The van der Waals surface area contributed by atoms with Crippen molar-refractivity contribution in [3.8, 4) is 11.5 Å². The van der Waals surface area contributed by atoms with Gasteiger partial charge in [0.25, 0.3) is 0 Å². The van der Waals surface area contributed by atoms with Gasteiger partial charge in [-0.3, -0.25) is 0 Å². The molecule has 0 N–H and O–H groups in total. The molecule has 2 rings (SSSR count). The highest BCUT2D eigenvalue weighted by molar-refractivity contribution is 5.89. The summed E-state index contributed by atoms with van der Waals surface area (Å²) in [5.74, 6) is 1.07. The van der Waals surface area contributed by atoms with E-state index in [1.54, 1.807) is 31.4 Å². The summed E-state index contributed by atoms with van der Waals surface area (Å²) in [6.45, 7) is 2.68. The zero-order valence-electron chi connectivity index (χ0n) is 12.2. The van der Waals surface area contributed by atoms with Crippen LogP contribution in [0.2, 0.25) is 0 Å². The minimum Gasteiger partial charge on any atom is -0.496 e. The molecule has 2 aromatic rings. The van der Waals surface area contributed by atoms with E-state index in [2.05, 4.69) is 0 Å². The first-order chi connectivity index (χ1) is 10.2. The number of methoxy groups -OCH3 is 1. The van der Waals surface area contributed by atoms with E-state index >= 15 is 0 Å². The molecule has 0 spiro atoms. The van der Waals surface area contributed by atoms with E-state index in [1.807, 2.05) is 31.2 Å². The molecule has 0 heterocycles. The van der Waals surface area contributed by atoms with E-state index in [1.165, 1.54) is 0 Å². The number of rotatable bonds is 6. The van der Waals surface area contributed by atoms with Crippen molar-refractivity contribution in [2.45, 2.75) is 13.5 Å². The van der Waals surface area contributed by atoms with E-state index in [0.717, 1.165) is 11.3 Å². The second kappa shape index (κ2) is 7.33. The maximum atomic E-state index is 12.0. The Morgan fingerprint density at radius 3 is 2.43 bits per heavy atom. The highest BCUT2D eigenvalue weighted by atomic mass is 16.5. The van der Waals surface area contributed by atoms with Gasteiger partial charge in [0.1, 0.15) is 18.1 Å². The quantitative estimate of drug-likeness (QED) is 0.763. The molecule has 0 fully saturated rings. The van der Waals surface area contributed by atoms with Crippen molar-refractivity contribution in [2.24, 2.45) is 0 Å². The van der Waals surface area contributed by atoms with Gasteiger partial charge in [-0.2, -0.15) is 0 Å². The molecule has 0 aliphatic rings. The molecular weight excluding hydrogens is 268 g/mol. The normalized spacial score (nSPS) is 10.0. The van der Waals surface area contributed by atoms with Gasteiger partial charge in [-0.1, -0.05) is 18.2 Å². The van der Waals surface area contributed by atoms with E-state index in [9.17, 15) is 4.79 Å². The standard InChI is InChI=1S/C17H18O4/c1-3-20-15-10-8-13(9-11-15)17(18)21-12-14-6-4-5-7-16(14)19-2/h4-11H,3,12H2,1-2H3. The summed E-state index contributed by atoms with van der Waals surface area (Å²) >= 11 is 0. The zero-order valence-corrected chi connectivity index (χ0v) is 12.2. The molecule has 0 bridgehead atoms. The van der Waals surface area contributed by atoms with Crippen LogP contribution in [0.15, 0.2) is 48.5 Å². The molecule has 0 saturated carbocycles. The zero-order chi connectivity index (χ0) is 15.1. The molecule has 0 amide bonds. The molecule has 110 valence electrons. The van der Waals surface area contributed by atoms with Crippen LogP contribution in [0.5, 0.6) is 11.5 Å². The van der Waals surface area contributed by atoms with Crippen LogP contribution in [0, 0.1) is 0 Å². The molecule has 0 saturated heterocycles. The van der Waals surface area contributed by atoms with Gasteiger partial charge >= 0.3 is 5.97 Å². The van der Waals surface area contributed by atoms with Crippen molar-refractivity contribution in [3.05, 3.63) is 59.7 Å². The minimum absolute atomic E-state index is 0.177. The number of benzene rings is 2. The lowest BCUT2D eigenvalue weighted by molar-refractivity contribution is 0.0470. The van der Waals surface area contributed by atoms with Gasteiger partial charge in [-0.25, -0.2) is 4.79 Å². The second-order valence-corrected chi connectivity index (χ2v) is 4.35. The summed E-state index contributed by atoms with van der Waals surface area (Å²) in [4.78, 5) is 12.0. The summed E-state index contributed by atoms with van der Waals surface area (Å²) in [7, 11) is 1.59. The third kappa shape index (κ3) is 3.99. The molecule has 4 heteroatoms. The number of hydrogen-bond donors (Lipinski definition) is 0. The van der Waals surface area contributed by atoms with Crippen molar-refractivity contribution in [3.63, 3.8) is 0 Å². The van der Waals surface area contributed by atoms with Crippen LogP contribution >= 0.6 is 0 Å². The van der Waals surface area contributed by atoms with Crippen molar-refractivity contribution >= 4 is 5.97 Å². The smallest absolute Gasteiger partial charge is 0.338 e. The lowest BCUT2D eigenvalue weighted by Crippen LogP contribution is -2.06. The third-order valence-corrected chi connectivity index (χ3v) is 2.95. The van der Waals surface area contributed by atoms with E-state index in [0.29, 0.717) is 17.9 Å². The minimum atomic E-state index is -0.371. The summed E-state index contributed by atoms with van der Waals surface area (Å²) in [5.41, 5.74) is 1.33. The molecule has 0 unspecified atom stereocenters. The van der Waals surface area contributed by atoms with Gasteiger partial charge in [-0.05, 0) is 37.3 Å². The van der Waals surface area contributed by atoms with Crippen molar-refractivity contribution in [1.29, 1.82) is 0 Å². The maximum absolute atomic E-state index is 12.0. The molecule has 0 aliphatic carbocycles. The van der Waals surface area contributed by atoms with Crippen LogP contribution in [-0.4, -0.2) is 19.7 Å². The van der Waals surface area contributed by atoms with Crippen LogP contribution < -0.4 is 9.47 Å². The predicted molar refractivity (Wildman–Crippen MR) is 79.7 cm³/mol. The maximum Gasteiger partial charge on any atom is 0.338 e. The molecule has 2 aromatic carbocycles. The Morgan fingerprint density at radius 1 is 1.05 bits per heavy atom. The number of carbonyl (C=O) groups excluding carboxylic acids is 1. The largest absolute Gasteiger partial charge is 0.496 e. The molecule has 0 aliphatic heterocycles. The molecule has 21 heavy (non-hydrogen) atoms. The number of carbonyl (C=O) groups is 1. The molecule has 0 radical (unpaired) electrons. The topological polar surface area (TPSA) is 44.8 Å². The van der Waals surface area contributed by atoms with Gasteiger partial charge < -0.3 is 14.2 Å². The van der Waals surface area contributed by atoms with E-state index < -0.39 is 0 Å². The number of hydrogen-bond acceptors (Lipinski definition) is 4. The highest BCUT2D eigenvalue weighted by Gasteiger charge is 2.09. The SMILES string of the molecule is CCOc1ccc(C(=O)OCc2ccccc2OC)cc1. The number of ether oxygens (including phenoxy) is 3. The Bertz CT molecular complexity index is 590. The fourth-order valence-electron chi connectivity index (χ4n) is 1.90. The first-order valence-corrected chi connectivity index (χ1v) is 6.76. The van der Waals surface area contributed by atoms with Crippen LogP contribution in [0.4, 0.5) is 0 Å². The average molecular weight is 286 g/mol. The Morgan fingerprint density at radius 2 is 1.76 bits per heavy atom.